The lowest BCUT2D eigenvalue weighted by molar-refractivity contribution is 0.305. The molecule has 0 saturated carbocycles. The highest BCUT2D eigenvalue weighted by molar-refractivity contribution is 5.31. The molecule has 20 heavy (non-hydrogen) atoms. The van der Waals surface area contributed by atoms with E-state index >= 15 is 0 Å². The average molecular weight is 271 g/mol. The van der Waals surface area contributed by atoms with E-state index < -0.39 is 0 Å². The van der Waals surface area contributed by atoms with Crippen LogP contribution in [0.2, 0.25) is 0 Å². The molecular formula is C17H21NO2. The fraction of sp³-hybridized carbons (Fsp3) is 0.294. The van der Waals surface area contributed by atoms with Crippen LogP contribution in [0, 0.1) is 0 Å². The topological polar surface area (TPSA) is 44.5 Å². The molecule has 0 aliphatic heterocycles. The van der Waals surface area contributed by atoms with Gasteiger partial charge in [0.1, 0.15) is 18.1 Å². The maximum Gasteiger partial charge on any atom is 0.120 e. The van der Waals surface area contributed by atoms with Crippen molar-refractivity contribution in [3.63, 3.8) is 0 Å². The van der Waals surface area contributed by atoms with Crippen LogP contribution in [0.25, 0.3) is 0 Å². The molecular weight excluding hydrogens is 250 g/mol. The van der Waals surface area contributed by atoms with E-state index in [0.29, 0.717) is 6.61 Å². The van der Waals surface area contributed by atoms with Crippen molar-refractivity contribution in [2.75, 3.05) is 7.11 Å². The Hall–Kier alpha value is -2.00. The molecule has 106 valence electrons. The summed E-state index contributed by atoms with van der Waals surface area (Å²) in [6.45, 7) is 2.62. The summed E-state index contributed by atoms with van der Waals surface area (Å²) in [5, 5.41) is 0. The minimum atomic E-state index is 0.0690. The first-order chi connectivity index (χ1) is 9.72. The Bertz CT molecular complexity index is 537. The van der Waals surface area contributed by atoms with Gasteiger partial charge in [-0.1, -0.05) is 31.2 Å². The number of rotatable bonds is 6. The summed E-state index contributed by atoms with van der Waals surface area (Å²) in [5.74, 6) is 1.70. The zero-order valence-corrected chi connectivity index (χ0v) is 12.0. The molecule has 1 atom stereocenters. The summed E-state index contributed by atoms with van der Waals surface area (Å²) >= 11 is 0. The SMILES string of the molecule is CCC(N)c1cccc(OCc2ccc(OC)cc2)c1. The average Bonchev–Trinajstić information content (AvgIpc) is 2.53. The van der Waals surface area contributed by atoms with Crippen LogP contribution in [0.5, 0.6) is 11.5 Å². The van der Waals surface area contributed by atoms with Crippen LogP contribution in [0.1, 0.15) is 30.5 Å². The van der Waals surface area contributed by atoms with Crippen molar-refractivity contribution in [3.8, 4) is 11.5 Å². The van der Waals surface area contributed by atoms with E-state index in [1.807, 2.05) is 48.5 Å². The lowest BCUT2D eigenvalue weighted by Gasteiger charge is -2.12. The molecule has 0 aliphatic rings. The molecule has 0 heterocycles. The number of nitrogens with two attached hydrogens (primary N) is 1. The van der Waals surface area contributed by atoms with Gasteiger partial charge in [0, 0.05) is 6.04 Å². The van der Waals surface area contributed by atoms with Crippen LogP contribution in [-0.2, 0) is 6.61 Å². The number of methoxy groups -OCH3 is 1. The lowest BCUT2D eigenvalue weighted by Crippen LogP contribution is -2.08. The Morgan fingerprint density at radius 2 is 1.80 bits per heavy atom. The van der Waals surface area contributed by atoms with E-state index in [4.69, 9.17) is 15.2 Å². The van der Waals surface area contributed by atoms with Crippen LogP contribution in [0.3, 0.4) is 0 Å². The lowest BCUT2D eigenvalue weighted by atomic mass is 10.1. The molecule has 3 heteroatoms. The molecule has 0 saturated heterocycles. The standard InChI is InChI=1S/C17H21NO2/c1-3-17(18)14-5-4-6-16(11-14)20-12-13-7-9-15(19-2)10-8-13/h4-11,17H,3,12,18H2,1-2H3. The first-order valence-electron chi connectivity index (χ1n) is 6.84. The quantitative estimate of drug-likeness (QED) is 0.871. The third kappa shape index (κ3) is 3.75. The third-order valence-electron chi connectivity index (χ3n) is 3.29. The Kier molecular flexibility index (Phi) is 5.02. The number of benzene rings is 2. The molecule has 1 unspecified atom stereocenters. The Balaban J connectivity index is 1.99. The predicted molar refractivity (Wildman–Crippen MR) is 81.0 cm³/mol. The Morgan fingerprint density at radius 1 is 1.05 bits per heavy atom. The van der Waals surface area contributed by atoms with E-state index in [-0.39, 0.29) is 6.04 Å². The van der Waals surface area contributed by atoms with Gasteiger partial charge in [-0.25, -0.2) is 0 Å². The smallest absolute Gasteiger partial charge is 0.120 e. The fourth-order valence-corrected chi connectivity index (χ4v) is 1.96. The fourth-order valence-electron chi connectivity index (χ4n) is 1.96. The second-order valence-electron chi connectivity index (χ2n) is 4.72. The Morgan fingerprint density at radius 3 is 2.45 bits per heavy atom. The molecule has 3 nitrogen and oxygen atoms in total. The second kappa shape index (κ2) is 6.96. The molecule has 0 aliphatic carbocycles. The Labute approximate surface area is 120 Å². The number of hydrogen-bond donors (Lipinski definition) is 1. The first kappa shape index (κ1) is 14.4. The van der Waals surface area contributed by atoms with E-state index in [2.05, 4.69) is 6.92 Å². The van der Waals surface area contributed by atoms with E-state index in [1.165, 1.54) is 0 Å². The highest BCUT2D eigenvalue weighted by atomic mass is 16.5. The normalized spacial score (nSPS) is 11.9. The van der Waals surface area contributed by atoms with Crippen molar-refractivity contribution < 1.29 is 9.47 Å². The maximum absolute atomic E-state index is 6.03. The molecule has 0 amide bonds. The van der Waals surface area contributed by atoms with Gasteiger partial charge < -0.3 is 15.2 Å². The van der Waals surface area contributed by atoms with E-state index in [9.17, 15) is 0 Å². The molecule has 2 rings (SSSR count). The molecule has 2 aromatic rings. The van der Waals surface area contributed by atoms with Gasteiger partial charge in [-0.3, -0.25) is 0 Å². The van der Waals surface area contributed by atoms with Gasteiger partial charge in [0.15, 0.2) is 0 Å². The van der Waals surface area contributed by atoms with Crippen molar-refractivity contribution in [3.05, 3.63) is 59.7 Å². The molecule has 2 aromatic carbocycles. The second-order valence-corrected chi connectivity index (χ2v) is 4.72. The van der Waals surface area contributed by atoms with Gasteiger partial charge in [0.2, 0.25) is 0 Å². The monoisotopic (exact) mass is 271 g/mol. The van der Waals surface area contributed by atoms with Crippen molar-refractivity contribution in [2.45, 2.75) is 26.0 Å². The molecule has 0 bridgehead atoms. The van der Waals surface area contributed by atoms with Crippen LogP contribution in [0.15, 0.2) is 48.5 Å². The molecule has 2 N–H and O–H groups in total. The predicted octanol–water partition coefficient (Wildman–Crippen LogP) is 3.68. The van der Waals surface area contributed by atoms with Gasteiger partial charge >= 0.3 is 0 Å². The highest BCUT2D eigenvalue weighted by Gasteiger charge is 2.04. The van der Waals surface area contributed by atoms with E-state index in [1.54, 1.807) is 7.11 Å². The highest BCUT2D eigenvalue weighted by Crippen LogP contribution is 2.21. The van der Waals surface area contributed by atoms with Crippen LogP contribution in [-0.4, -0.2) is 7.11 Å². The van der Waals surface area contributed by atoms with Crippen molar-refractivity contribution in [1.82, 2.24) is 0 Å². The third-order valence-corrected chi connectivity index (χ3v) is 3.29. The van der Waals surface area contributed by atoms with Crippen molar-refractivity contribution in [2.24, 2.45) is 5.73 Å². The van der Waals surface area contributed by atoms with Crippen LogP contribution in [0.4, 0.5) is 0 Å². The molecule has 0 fully saturated rings. The van der Waals surface area contributed by atoms with Crippen molar-refractivity contribution >= 4 is 0 Å². The minimum Gasteiger partial charge on any atom is -0.497 e. The summed E-state index contributed by atoms with van der Waals surface area (Å²) in [4.78, 5) is 0. The maximum atomic E-state index is 6.03. The van der Waals surface area contributed by atoms with Crippen LogP contribution >= 0.6 is 0 Å². The number of ether oxygens (including phenoxy) is 2. The summed E-state index contributed by atoms with van der Waals surface area (Å²) in [6.07, 6.45) is 0.919. The van der Waals surface area contributed by atoms with Gasteiger partial charge in [-0.05, 0) is 41.8 Å². The summed E-state index contributed by atoms with van der Waals surface area (Å²) in [7, 11) is 1.66. The van der Waals surface area contributed by atoms with Gasteiger partial charge in [0.25, 0.3) is 0 Å². The van der Waals surface area contributed by atoms with Crippen LogP contribution < -0.4 is 15.2 Å². The summed E-state index contributed by atoms with van der Waals surface area (Å²) in [5.41, 5.74) is 8.25. The summed E-state index contributed by atoms with van der Waals surface area (Å²) in [6, 6.07) is 15.9. The minimum absolute atomic E-state index is 0.0690. The zero-order chi connectivity index (χ0) is 14.4. The van der Waals surface area contributed by atoms with Gasteiger partial charge in [-0.15, -0.1) is 0 Å². The van der Waals surface area contributed by atoms with Gasteiger partial charge in [-0.2, -0.15) is 0 Å². The molecule has 0 spiro atoms. The molecule has 0 radical (unpaired) electrons. The first-order valence-corrected chi connectivity index (χ1v) is 6.84. The molecule has 0 aromatic heterocycles. The van der Waals surface area contributed by atoms with E-state index in [0.717, 1.165) is 29.0 Å². The van der Waals surface area contributed by atoms with Gasteiger partial charge in [0.05, 0.1) is 7.11 Å². The largest absolute Gasteiger partial charge is 0.497 e. The number of hydrogen-bond acceptors (Lipinski definition) is 3. The van der Waals surface area contributed by atoms with Crippen molar-refractivity contribution in [1.29, 1.82) is 0 Å². The summed E-state index contributed by atoms with van der Waals surface area (Å²) < 4.78 is 10.9. The zero-order valence-electron chi connectivity index (χ0n) is 12.0.